The van der Waals surface area contributed by atoms with Gasteiger partial charge in [0.2, 0.25) is 0 Å². The molecule has 0 aliphatic carbocycles. The molecule has 196 valence electrons. The summed E-state index contributed by atoms with van der Waals surface area (Å²) < 4.78 is 5.40. The number of nitrogens with one attached hydrogen (secondary N) is 1. The van der Waals surface area contributed by atoms with Gasteiger partial charge in [-0.1, -0.05) is 90.4 Å². The van der Waals surface area contributed by atoms with Gasteiger partial charge in [0, 0.05) is 18.2 Å². The van der Waals surface area contributed by atoms with Gasteiger partial charge in [-0.3, -0.25) is 0 Å². The SMILES string of the molecule is CCCCCCCCCCCCCCCCNc1ccc(C(=O)OC(C)C(CO)C(C)O)cc1. The van der Waals surface area contributed by atoms with Crippen molar-refractivity contribution in [1.82, 2.24) is 0 Å². The van der Waals surface area contributed by atoms with Crippen LogP contribution in [0.4, 0.5) is 5.69 Å². The number of unbranched alkanes of at least 4 members (excludes halogenated alkanes) is 13. The molecule has 3 atom stereocenters. The quantitative estimate of drug-likeness (QED) is 0.130. The molecule has 34 heavy (non-hydrogen) atoms. The Hall–Kier alpha value is -1.59. The molecule has 3 N–H and O–H groups in total. The average Bonchev–Trinajstić information content (AvgIpc) is 2.82. The number of benzene rings is 1. The van der Waals surface area contributed by atoms with Gasteiger partial charge in [0.05, 0.1) is 18.3 Å². The molecule has 0 saturated carbocycles. The normalized spacial score (nSPS) is 13.9. The van der Waals surface area contributed by atoms with Crippen molar-refractivity contribution in [3.8, 4) is 0 Å². The number of aliphatic hydroxyl groups excluding tert-OH is 2. The Morgan fingerprint density at radius 1 is 0.824 bits per heavy atom. The van der Waals surface area contributed by atoms with Crippen molar-refractivity contribution in [3.05, 3.63) is 29.8 Å². The van der Waals surface area contributed by atoms with E-state index in [9.17, 15) is 15.0 Å². The highest BCUT2D eigenvalue weighted by Crippen LogP contribution is 2.17. The van der Waals surface area contributed by atoms with Crippen LogP contribution in [0.5, 0.6) is 0 Å². The Kier molecular flexibility index (Phi) is 17.6. The predicted octanol–water partition coefficient (Wildman–Crippen LogP) is 7.11. The van der Waals surface area contributed by atoms with Gasteiger partial charge in [0.25, 0.3) is 0 Å². The summed E-state index contributed by atoms with van der Waals surface area (Å²) in [5.74, 6) is -0.930. The number of anilines is 1. The average molecular weight is 478 g/mol. The smallest absolute Gasteiger partial charge is 0.338 e. The summed E-state index contributed by atoms with van der Waals surface area (Å²) in [6.45, 7) is 6.26. The molecule has 0 saturated heterocycles. The van der Waals surface area contributed by atoms with Crippen LogP contribution in [0.15, 0.2) is 24.3 Å². The Labute approximate surface area is 208 Å². The Bertz CT molecular complexity index is 617. The van der Waals surface area contributed by atoms with Crippen molar-refractivity contribution in [3.63, 3.8) is 0 Å². The van der Waals surface area contributed by atoms with Crippen molar-refractivity contribution < 1.29 is 19.7 Å². The number of rotatable bonds is 21. The van der Waals surface area contributed by atoms with Crippen LogP contribution >= 0.6 is 0 Å². The van der Waals surface area contributed by atoms with E-state index in [2.05, 4.69) is 12.2 Å². The van der Waals surface area contributed by atoms with Crippen LogP contribution in [0.3, 0.4) is 0 Å². The molecule has 0 radical (unpaired) electrons. The number of hydrogen-bond acceptors (Lipinski definition) is 5. The first-order valence-corrected chi connectivity index (χ1v) is 13.8. The topological polar surface area (TPSA) is 78.8 Å². The lowest BCUT2D eigenvalue weighted by Gasteiger charge is -2.24. The number of ether oxygens (including phenoxy) is 1. The maximum absolute atomic E-state index is 12.3. The predicted molar refractivity (Wildman–Crippen MR) is 142 cm³/mol. The third-order valence-corrected chi connectivity index (χ3v) is 6.71. The molecule has 0 aliphatic rings. The van der Waals surface area contributed by atoms with E-state index in [0.717, 1.165) is 18.7 Å². The Morgan fingerprint density at radius 3 is 1.74 bits per heavy atom. The minimum absolute atomic E-state index is 0.228. The summed E-state index contributed by atoms with van der Waals surface area (Å²) >= 11 is 0. The Balaban J connectivity index is 2.06. The third-order valence-electron chi connectivity index (χ3n) is 6.71. The van der Waals surface area contributed by atoms with Crippen molar-refractivity contribution in [2.24, 2.45) is 5.92 Å². The van der Waals surface area contributed by atoms with E-state index in [-0.39, 0.29) is 6.61 Å². The minimum Gasteiger partial charge on any atom is -0.459 e. The molecule has 0 aliphatic heterocycles. The molecular formula is C29H51NO4. The molecule has 0 heterocycles. The lowest BCUT2D eigenvalue weighted by Crippen LogP contribution is -2.34. The highest BCUT2D eigenvalue weighted by Gasteiger charge is 2.25. The standard InChI is InChI=1S/C29H51NO4/c1-4-5-6-7-8-9-10-11-12-13-14-15-16-17-22-30-27-20-18-26(19-21-27)29(33)34-25(3)28(23-31)24(2)32/h18-21,24-25,28,30-32H,4-17,22-23H2,1-3H3. The van der Waals surface area contributed by atoms with E-state index >= 15 is 0 Å². The molecule has 0 fully saturated rings. The summed E-state index contributed by atoms with van der Waals surface area (Å²) in [4.78, 5) is 12.3. The van der Waals surface area contributed by atoms with Crippen LogP contribution in [-0.2, 0) is 4.74 Å². The van der Waals surface area contributed by atoms with Crippen LogP contribution in [0, 0.1) is 5.92 Å². The molecule has 5 heteroatoms. The highest BCUT2D eigenvalue weighted by molar-refractivity contribution is 5.89. The third kappa shape index (κ3) is 14.0. The second-order valence-electron chi connectivity index (χ2n) is 9.80. The molecule has 0 aromatic heterocycles. The fourth-order valence-corrected chi connectivity index (χ4v) is 4.29. The fourth-order valence-electron chi connectivity index (χ4n) is 4.29. The van der Waals surface area contributed by atoms with Crippen molar-refractivity contribution in [2.45, 2.75) is 123 Å². The maximum Gasteiger partial charge on any atom is 0.338 e. The van der Waals surface area contributed by atoms with Crippen molar-refractivity contribution in [2.75, 3.05) is 18.5 Å². The molecule has 1 rings (SSSR count). The largest absolute Gasteiger partial charge is 0.459 e. The summed E-state index contributed by atoms with van der Waals surface area (Å²) in [5.41, 5.74) is 1.47. The van der Waals surface area contributed by atoms with Crippen LogP contribution in [0.25, 0.3) is 0 Å². The number of carbonyl (C=O) groups excluding carboxylic acids is 1. The molecule has 0 bridgehead atoms. The van der Waals surface area contributed by atoms with Gasteiger partial charge in [-0.25, -0.2) is 4.79 Å². The first-order chi connectivity index (χ1) is 16.5. The fraction of sp³-hybridized carbons (Fsp3) is 0.759. The lowest BCUT2D eigenvalue weighted by molar-refractivity contribution is -0.0241. The van der Waals surface area contributed by atoms with Gasteiger partial charge in [-0.15, -0.1) is 0 Å². The Morgan fingerprint density at radius 2 is 1.29 bits per heavy atom. The number of esters is 1. The van der Waals surface area contributed by atoms with E-state index in [1.165, 1.54) is 83.5 Å². The lowest BCUT2D eigenvalue weighted by atomic mass is 9.99. The van der Waals surface area contributed by atoms with Gasteiger partial charge < -0.3 is 20.3 Å². The van der Waals surface area contributed by atoms with Crippen LogP contribution in [-0.4, -0.2) is 41.5 Å². The summed E-state index contributed by atoms with van der Waals surface area (Å²) in [6.07, 6.45) is 17.8. The molecular weight excluding hydrogens is 426 g/mol. The summed E-state index contributed by atoms with van der Waals surface area (Å²) in [6, 6.07) is 7.28. The van der Waals surface area contributed by atoms with Crippen LogP contribution in [0.2, 0.25) is 0 Å². The van der Waals surface area contributed by atoms with Gasteiger partial charge in [-0.05, 0) is 44.5 Å². The van der Waals surface area contributed by atoms with E-state index in [1.54, 1.807) is 26.0 Å². The zero-order valence-electron chi connectivity index (χ0n) is 22.1. The second-order valence-corrected chi connectivity index (χ2v) is 9.80. The second kappa shape index (κ2) is 19.7. The summed E-state index contributed by atoms with van der Waals surface area (Å²) in [5, 5.41) is 22.5. The number of carbonyl (C=O) groups is 1. The van der Waals surface area contributed by atoms with Crippen molar-refractivity contribution in [1.29, 1.82) is 0 Å². The molecule has 0 spiro atoms. The zero-order valence-corrected chi connectivity index (χ0v) is 22.1. The van der Waals surface area contributed by atoms with Crippen LogP contribution < -0.4 is 5.32 Å². The van der Waals surface area contributed by atoms with E-state index in [0.29, 0.717) is 5.56 Å². The summed E-state index contributed by atoms with van der Waals surface area (Å²) in [7, 11) is 0. The number of hydrogen-bond donors (Lipinski definition) is 3. The van der Waals surface area contributed by atoms with E-state index < -0.39 is 24.1 Å². The first kappa shape index (κ1) is 30.4. The van der Waals surface area contributed by atoms with Gasteiger partial charge in [0.1, 0.15) is 6.10 Å². The minimum atomic E-state index is -0.741. The molecule has 3 unspecified atom stereocenters. The maximum atomic E-state index is 12.3. The van der Waals surface area contributed by atoms with Gasteiger partial charge in [-0.2, -0.15) is 0 Å². The van der Waals surface area contributed by atoms with E-state index in [1.807, 2.05) is 12.1 Å². The monoisotopic (exact) mass is 477 g/mol. The van der Waals surface area contributed by atoms with E-state index in [4.69, 9.17) is 4.74 Å². The van der Waals surface area contributed by atoms with Gasteiger partial charge in [0.15, 0.2) is 0 Å². The highest BCUT2D eigenvalue weighted by atomic mass is 16.5. The first-order valence-electron chi connectivity index (χ1n) is 13.8. The molecule has 1 aromatic carbocycles. The number of aliphatic hydroxyl groups is 2. The molecule has 5 nitrogen and oxygen atoms in total. The van der Waals surface area contributed by atoms with Gasteiger partial charge >= 0.3 is 5.97 Å². The molecule has 0 amide bonds. The molecule has 1 aromatic rings. The van der Waals surface area contributed by atoms with Crippen molar-refractivity contribution >= 4 is 11.7 Å². The zero-order chi connectivity index (χ0) is 25.0. The van der Waals surface area contributed by atoms with Crippen LogP contribution in [0.1, 0.15) is 121 Å².